The van der Waals surface area contributed by atoms with Gasteiger partial charge in [-0.05, 0) is 11.8 Å². The third-order valence-corrected chi connectivity index (χ3v) is 1.47. The molecule has 0 saturated carbocycles. The first-order valence-corrected chi connectivity index (χ1v) is 3.51. The van der Waals surface area contributed by atoms with Gasteiger partial charge in [0.05, 0.1) is 17.8 Å². The zero-order chi connectivity index (χ0) is 10.0. The first-order valence-electron chi connectivity index (χ1n) is 3.51. The summed E-state index contributed by atoms with van der Waals surface area (Å²) >= 11 is 0. The maximum atomic E-state index is 10.5. The van der Waals surface area contributed by atoms with Crippen LogP contribution in [0.4, 0.5) is 5.82 Å². The second kappa shape index (κ2) is 3.21. The second-order valence-electron chi connectivity index (χ2n) is 2.28. The molecule has 0 unspecified atom stereocenters. The molecule has 1 aromatic rings. The molecule has 7 nitrogen and oxygen atoms in total. The van der Waals surface area contributed by atoms with Gasteiger partial charge in [0.25, 0.3) is 0 Å². The van der Waals surface area contributed by atoms with Gasteiger partial charge in [-0.3, -0.25) is 0 Å². The third-order valence-electron chi connectivity index (χ3n) is 1.47. The van der Waals surface area contributed by atoms with Gasteiger partial charge >= 0.3 is 11.8 Å². The number of hydrogen-bond acceptors (Lipinski definition) is 4. The summed E-state index contributed by atoms with van der Waals surface area (Å²) in [6, 6.07) is 0. The van der Waals surface area contributed by atoms with Gasteiger partial charge in [-0.1, -0.05) is 0 Å². The Morgan fingerprint density at radius 1 is 1.85 bits per heavy atom. The number of carboxylic acid groups (broad SMARTS) is 1. The van der Waals surface area contributed by atoms with E-state index in [2.05, 4.69) is 5.10 Å². The van der Waals surface area contributed by atoms with Gasteiger partial charge in [0.2, 0.25) is 0 Å². The standard InChI is InChI=1S/C6H7N3O4/c1-2-8-3-4(6(10)11)5(7-8)9(12)13/h3H,2H2,1H3,(H,10,11). The first-order chi connectivity index (χ1) is 6.06. The van der Waals surface area contributed by atoms with Crippen LogP contribution in [0, 0.1) is 10.1 Å². The summed E-state index contributed by atoms with van der Waals surface area (Å²) in [6.45, 7) is 2.11. The van der Waals surface area contributed by atoms with Crippen molar-refractivity contribution >= 4 is 11.8 Å². The molecule has 0 radical (unpaired) electrons. The molecule has 1 aromatic heterocycles. The summed E-state index contributed by atoms with van der Waals surface area (Å²) in [6.07, 6.45) is 1.14. The van der Waals surface area contributed by atoms with Crippen LogP contribution in [0.5, 0.6) is 0 Å². The Hall–Kier alpha value is -1.92. The number of carbonyl (C=O) groups is 1. The molecule has 0 aliphatic carbocycles. The Morgan fingerprint density at radius 2 is 2.46 bits per heavy atom. The predicted octanol–water partition coefficient (Wildman–Crippen LogP) is 0.509. The summed E-state index contributed by atoms with van der Waals surface area (Å²) in [5, 5.41) is 22.4. The molecule has 1 heterocycles. The molecule has 0 saturated heterocycles. The van der Waals surface area contributed by atoms with Crippen LogP contribution in [-0.2, 0) is 6.54 Å². The minimum Gasteiger partial charge on any atom is -0.477 e. The smallest absolute Gasteiger partial charge is 0.404 e. The predicted molar refractivity (Wildman–Crippen MR) is 41.5 cm³/mol. The maximum absolute atomic E-state index is 10.5. The fourth-order valence-corrected chi connectivity index (χ4v) is 0.859. The molecule has 0 aliphatic heterocycles. The monoisotopic (exact) mass is 185 g/mol. The largest absolute Gasteiger partial charge is 0.477 e. The molecule has 0 spiro atoms. The Morgan fingerprint density at radius 3 is 2.77 bits per heavy atom. The molecular weight excluding hydrogens is 178 g/mol. The van der Waals surface area contributed by atoms with E-state index < -0.39 is 16.7 Å². The lowest BCUT2D eigenvalue weighted by molar-refractivity contribution is -0.390. The van der Waals surface area contributed by atoms with E-state index in [1.807, 2.05) is 0 Å². The fraction of sp³-hybridized carbons (Fsp3) is 0.333. The Balaban J connectivity index is 3.23. The van der Waals surface area contributed by atoms with E-state index in [1.165, 1.54) is 4.68 Å². The Kier molecular flexibility index (Phi) is 2.27. The molecule has 70 valence electrons. The molecule has 0 bridgehead atoms. The normalized spacial score (nSPS) is 9.92. The highest BCUT2D eigenvalue weighted by Crippen LogP contribution is 2.15. The maximum Gasteiger partial charge on any atom is 0.404 e. The lowest BCUT2D eigenvalue weighted by atomic mass is 10.3. The molecule has 0 amide bonds. The molecule has 1 rings (SSSR count). The molecule has 7 heteroatoms. The van der Waals surface area contributed by atoms with Crippen LogP contribution in [-0.4, -0.2) is 25.8 Å². The van der Waals surface area contributed by atoms with Crippen LogP contribution in [0.25, 0.3) is 0 Å². The average Bonchev–Trinajstić information content (AvgIpc) is 2.47. The quantitative estimate of drug-likeness (QED) is 0.546. The van der Waals surface area contributed by atoms with Crippen molar-refractivity contribution in [3.05, 3.63) is 21.9 Å². The van der Waals surface area contributed by atoms with Crippen molar-refractivity contribution in [1.82, 2.24) is 9.78 Å². The molecule has 13 heavy (non-hydrogen) atoms. The number of nitro groups is 1. The Labute approximate surface area is 72.7 Å². The highest BCUT2D eigenvalue weighted by Gasteiger charge is 2.25. The number of rotatable bonds is 3. The molecular formula is C6H7N3O4. The minimum atomic E-state index is -1.34. The summed E-state index contributed by atoms with van der Waals surface area (Å²) in [5.41, 5.74) is -0.383. The van der Waals surface area contributed by atoms with Crippen LogP contribution in [0.2, 0.25) is 0 Å². The van der Waals surface area contributed by atoms with Gasteiger partial charge in [0, 0.05) is 0 Å². The highest BCUT2D eigenvalue weighted by molar-refractivity contribution is 5.91. The van der Waals surface area contributed by atoms with Crippen molar-refractivity contribution in [2.75, 3.05) is 0 Å². The van der Waals surface area contributed by atoms with Gasteiger partial charge in [0.1, 0.15) is 0 Å². The van der Waals surface area contributed by atoms with Crippen LogP contribution in [0.15, 0.2) is 6.20 Å². The number of hydrogen-bond donors (Lipinski definition) is 1. The van der Waals surface area contributed by atoms with E-state index in [-0.39, 0.29) is 5.56 Å². The number of nitrogens with zero attached hydrogens (tertiary/aromatic N) is 3. The molecule has 0 aliphatic rings. The summed E-state index contributed by atoms with van der Waals surface area (Å²) < 4.78 is 1.21. The van der Waals surface area contributed by atoms with E-state index in [9.17, 15) is 14.9 Å². The van der Waals surface area contributed by atoms with Crippen LogP contribution >= 0.6 is 0 Å². The van der Waals surface area contributed by atoms with Gasteiger partial charge in [-0.25, -0.2) is 4.79 Å². The average molecular weight is 185 g/mol. The SMILES string of the molecule is CCn1cc(C(=O)O)c([N+](=O)[O-])n1. The molecule has 0 atom stereocenters. The van der Waals surface area contributed by atoms with Crippen molar-refractivity contribution in [2.24, 2.45) is 0 Å². The van der Waals surface area contributed by atoms with E-state index in [0.717, 1.165) is 6.20 Å². The van der Waals surface area contributed by atoms with Crippen molar-refractivity contribution in [3.63, 3.8) is 0 Å². The zero-order valence-electron chi connectivity index (χ0n) is 6.80. The number of carboxylic acids is 1. The first kappa shape index (κ1) is 9.17. The summed E-state index contributed by atoms with van der Waals surface area (Å²) in [5.74, 6) is -1.96. The van der Waals surface area contributed by atoms with Crippen LogP contribution < -0.4 is 0 Å². The summed E-state index contributed by atoms with van der Waals surface area (Å²) in [4.78, 5) is 20.0. The number of aromatic nitrogens is 2. The third kappa shape index (κ3) is 1.63. The lowest BCUT2D eigenvalue weighted by Gasteiger charge is -1.87. The van der Waals surface area contributed by atoms with Gasteiger partial charge < -0.3 is 15.2 Å². The highest BCUT2D eigenvalue weighted by atomic mass is 16.6. The van der Waals surface area contributed by atoms with Crippen LogP contribution in [0.3, 0.4) is 0 Å². The van der Waals surface area contributed by atoms with Gasteiger partial charge in [0.15, 0.2) is 5.56 Å². The molecule has 1 N–H and O–H groups in total. The molecule has 0 aromatic carbocycles. The zero-order valence-corrected chi connectivity index (χ0v) is 6.80. The van der Waals surface area contributed by atoms with Crippen molar-refractivity contribution in [2.45, 2.75) is 13.5 Å². The van der Waals surface area contributed by atoms with Crippen LogP contribution in [0.1, 0.15) is 17.3 Å². The topological polar surface area (TPSA) is 98.3 Å². The fourth-order valence-electron chi connectivity index (χ4n) is 0.859. The summed E-state index contributed by atoms with van der Waals surface area (Å²) in [7, 11) is 0. The molecule has 0 fully saturated rings. The van der Waals surface area contributed by atoms with E-state index in [1.54, 1.807) is 6.92 Å². The van der Waals surface area contributed by atoms with E-state index >= 15 is 0 Å². The lowest BCUT2D eigenvalue weighted by Crippen LogP contribution is -1.99. The number of aryl methyl sites for hydroxylation is 1. The van der Waals surface area contributed by atoms with Gasteiger partial charge in [-0.2, -0.15) is 4.68 Å². The van der Waals surface area contributed by atoms with Crippen molar-refractivity contribution in [3.8, 4) is 0 Å². The van der Waals surface area contributed by atoms with E-state index in [4.69, 9.17) is 5.11 Å². The van der Waals surface area contributed by atoms with Crippen molar-refractivity contribution in [1.29, 1.82) is 0 Å². The minimum absolute atomic E-state index is 0.383. The number of aromatic carboxylic acids is 1. The van der Waals surface area contributed by atoms with E-state index in [0.29, 0.717) is 6.54 Å². The van der Waals surface area contributed by atoms with Gasteiger partial charge in [-0.15, -0.1) is 0 Å². The second-order valence-corrected chi connectivity index (χ2v) is 2.28. The Bertz CT molecular complexity index is 325. The van der Waals surface area contributed by atoms with Crippen molar-refractivity contribution < 1.29 is 14.8 Å².